The lowest BCUT2D eigenvalue weighted by Gasteiger charge is -2.12. The summed E-state index contributed by atoms with van der Waals surface area (Å²) >= 11 is 0. The van der Waals surface area contributed by atoms with Gasteiger partial charge in [0.15, 0.2) is 0 Å². The minimum atomic E-state index is -0.0487. The van der Waals surface area contributed by atoms with Gasteiger partial charge in [-0.2, -0.15) is 0 Å². The minimum absolute atomic E-state index is 0.0487. The van der Waals surface area contributed by atoms with Crippen molar-refractivity contribution in [2.45, 2.75) is 12.8 Å². The van der Waals surface area contributed by atoms with Gasteiger partial charge in [0, 0.05) is 0 Å². The topological polar surface area (TPSA) is 26.3 Å². The van der Waals surface area contributed by atoms with Crippen molar-refractivity contribution in [1.82, 2.24) is 0 Å². The van der Waals surface area contributed by atoms with Crippen molar-refractivity contribution in [3.05, 3.63) is 24.3 Å². The van der Waals surface area contributed by atoms with Crippen LogP contribution in [0.15, 0.2) is 24.3 Å². The molecule has 70 valence electrons. The van der Waals surface area contributed by atoms with E-state index in [0.29, 0.717) is 11.8 Å². The van der Waals surface area contributed by atoms with Gasteiger partial charge in [0.05, 0.1) is 13.0 Å². The van der Waals surface area contributed by atoms with Gasteiger partial charge < -0.3 is 4.74 Å². The van der Waals surface area contributed by atoms with Gasteiger partial charge in [-0.1, -0.05) is 24.3 Å². The number of hydrogen-bond donors (Lipinski definition) is 0. The number of carbonyl (C=O) groups is 1. The Balaban J connectivity index is 2.14. The zero-order chi connectivity index (χ0) is 9.26. The quantitative estimate of drug-likeness (QED) is 0.573. The molecule has 0 aromatic heterocycles. The van der Waals surface area contributed by atoms with E-state index in [1.54, 1.807) is 0 Å². The van der Waals surface area contributed by atoms with Crippen LogP contribution in [0.3, 0.4) is 0 Å². The molecule has 0 radical (unpaired) electrons. The minimum Gasteiger partial charge on any atom is -0.469 e. The molecule has 0 heterocycles. The number of rotatable bonds is 1. The van der Waals surface area contributed by atoms with Crippen LogP contribution in [-0.2, 0) is 9.53 Å². The van der Waals surface area contributed by atoms with E-state index in [-0.39, 0.29) is 11.9 Å². The fraction of sp³-hybridized carbons (Fsp3) is 0.545. The van der Waals surface area contributed by atoms with Crippen molar-refractivity contribution in [3.8, 4) is 0 Å². The van der Waals surface area contributed by atoms with Crippen molar-refractivity contribution >= 4 is 5.97 Å². The molecule has 2 bridgehead atoms. The Kier molecular flexibility index (Phi) is 2.21. The number of methoxy groups -OCH3 is 1. The fourth-order valence-electron chi connectivity index (χ4n) is 2.33. The zero-order valence-electron chi connectivity index (χ0n) is 7.77. The smallest absolute Gasteiger partial charge is 0.309 e. The van der Waals surface area contributed by atoms with Gasteiger partial charge >= 0.3 is 5.97 Å². The SMILES string of the molecule is COC(=O)[C@H]1C[C@@H]2C=CC=C[C@H]1C2. The first-order valence-corrected chi connectivity index (χ1v) is 4.74. The summed E-state index contributed by atoms with van der Waals surface area (Å²) in [6.07, 6.45) is 10.5. The molecule has 0 N–H and O–H groups in total. The first-order chi connectivity index (χ1) is 6.31. The second-order valence-corrected chi connectivity index (χ2v) is 3.79. The Hall–Kier alpha value is -1.05. The van der Waals surface area contributed by atoms with Crippen LogP contribution in [0.5, 0.6) is 0 Å². The van der Waals surface area contributed by atoms with Crippen molar-refractivity contribution < 1.29 is 9.53 Å². The molecule has 2 heteroatoms. The van der Waals surface area contributed by atoms with Gasteiger partial charge in [-0.3, -0.25) is 4.79 Å². The normalized spacial score (nSPS) is 35.9. The van der Waals surface area contributed by atoms with Gasteiger partial charge in [-0.05, 0) is 24.7 Å². The van der Waals surface area contributed by atoms with Gasteiger partial charge in [0.2, 0.25) is 0 Å². The summed E-state index contributed by atoms with van der Waals surface area (Å²) in [5.41, 5.74) is 0. The molecular formula is C11H14O2. The summed E-state index contributed by atoms with van der Waals surface area (Å²) in [6.45, 7) is 0. The van der Waals surface area contributed by atoms with E-state index in [1.165, 1.54) is 7.11 Å². The lowest BCUT2D eigenvalue weighted by molar-refractivity contribution is -0.146. The molecule has 0 amide bonds. The maximum absolute atomic E-state index is 11.4. The maximum Gasteiger partial charge on any atom is 0.309 e. The third kappa shape index (κ3) is 1.53. The summed E-state index contributed by atoms with van der Waals surface area (Å²) in [5, 5.41) is 0. The lowest BCUT2D eigenvalue weighted by atomic mass is 9.95. The highest BCUT2D eigenvalue weighted by Crippen LogP contribution is 2.39. The first-order valence-electron chi connectivity index (χ1n) is 4.74. The van der Waals surface area contributed by atoms with Gasteiger partial charge in [0.1, 0.15) is 0 Å². The molecule has 0 aromatic rings. The largest absolute Gasteiger partial charge is 0.469 e. The van der Waals surface area contributed by atoms with E-state index in [1.807, 2.05) is 6.08 Å². The molecule has 1 saturated carbocycles. The predicted molar refractivity (Wildman–Crippen MR) is 50.0 cm³/mol. The summed E-state index contributed by atoms with van der Waals surface area (Å²) < 4.78 is 4.79. The highest BCUT2D eigenvalue weighted by Gasteiger charge is 2.37. The molecule has 0 aromatic carbocycles. The predicted octanol–water partition coefficient (Wildman–Crippen LogP) is 1.93. The van der Waals surface area contributed by atoms with Crippen molar-refractivity contribution in [2.24, 2.45) is 17.8 Å². The molecule has 13 heavy (non-hydrogen) atoms. The number of carbonyl (C=O) groups excluding carboxylic acids is 1. The molecule has 3 atom stereocenters. The van der Waals surface area contributed by atoms with Crippen molar-refractivity contribution in [1.29, 1.82) is 0 Å². The molecule has 1 fully saturated rings. The Morgan fingerprint density at radius 2 is 2.08 bits per heavy atom. The average Bonchev–Trinajstić information content (AvgIpc) is 2.37. The number of ether oxygens (including phenoxy) is 1. The third-order valence-electron chi connectivity index (χ3n) is 3.01. The third-order valence-corrected chi connectivity index (χ3v) is 3.01. The van der Waals surface area contributed by atoms with Crippen LogP contribution in [0.25, 0.3) is 0 Å². The Labute approximate surface area is 78.3 Å². The fourth-order valence-corrected chi connectivity index (χ4v) is 2.33. The molecule has 2 aliphatic carbocycles. The van der Waals surface area contributed by atoms with Crippen LogP contribution in [0.4, 0.5) is 0 Å². The standard InChI is InChI=1S/C11H14O2/c1-13-11(12)10-7-8-4-2-3-5-9(10)6-8/h2-5,8-10H,6-7H2,1H3/t8-,9+,10+/m1/s1. The molecular weight excluding hydrogens is 164 g/mol. The van der Waals surface area contributed by atoms with E-state index >= 15 is 0 Å². The van der Waals surface area contributed by atoms with E-state index in [0.717, 1.165) is 12.8 Å². The summed E-state index contributed by atoms with van der Waals surface area (Å²) in [7, 11) is 1.47. The van der Waals surface area contributed by atoms with Crippen molar-refractivity contribution in [2.75, 3.05) is 7.11 Å². The van der Waals surface area contributed by atoms with Crippen LogP contribution in [0.1, 0.15) is 12.8 Å². The van der Waals surface area contributed by atoms with Crippen molar-refractivity contribution in [3.63, 3.8) is 0 Å². The summed E-state index contributed by atoms with van der Waals surface area (Å²) in [6, 6.07) is 0. The molecule has 0 saturated heterocycles. The monoisotopic (exact) mass is 178 g/mol. The molecule has 0 aliphatic heterocycles. The lowest BCUT2D eigenvalue weighted by Crippen LogP contribution is -2.19. The maximum atomic E-state index is 11.4. The molecule has 0 spiro atoms. The molecule has 2 rings (SSSR count). The second kappa shape index (κ2) is 3.36. The van der Waals surface area contributed by atoms with E-state index in [9.17, 15) is 4.79 Å². The second-order valence-electron chi connectivity index (χ2n) is 3.79. The summed E-state index contributed by atoms with van der Waals surface area (Å²) in [5.74, 6) is 1.01. The van der Waals surface area contributed by atoms with E-state index < -0.39 is 0 Å². The molecule has 2 nitrogen and oxygen atoms in total. The Morgan fingerprint density at radius 3 is 2.85 bits per heavy atom. The van der Waals surface area contributed by atoms with Crippen LogP contribution in [-0.4, -0.2) is 13.1 Å². The highest BCUT2D eigenvalue weighted by atomic mass is 16.5. The number of allylic oxidation sites excluding steroid dienone is 4. The Bertz CT molecular complexity index is 265. The van der Waals surface area contributed by atoms with Crippen LogP contribution in [0, 0.1) is 17.8 Å². The number of esters is 1. The summed E-state index contributed by atoms with van der Waals surface area (Å²) in [4.78, 5) is 11.4. The van der Waals surface area contributed by atoms with Crippen LogP contribution < -0.4 is 0 Å². The molecule has 2 aliphatic rings. The Morgan fingerprint density at radius 1 is 1.31 bits per heavy atom. The number of hydrogen-bond acceptors (Lipinski definition) is 2. The zero-order valence-corrected chi connectivity index (χ0v) is 7.77. The van der Waals surface area contributed by atoms with Gasteiger partial charge in [0.25, 0.3) is 0 Å². The van der Waals surface area contributed by atoms with E-state index in [2.05, 4.69) is 18.2 Å². The van der Waals surface area contributed by atoms with Gasteiger partial charge in [-0.15, -0.1) is 0 Å². The number of fused-ring (bicyclic) bond motifs is 2. The highest BCUT2D eigenvalue weighted by molar-refractivity contribution is 5.73. The van der Waals surface area contributed by atoms with Gasteiger partial charge in [-0.25, -0.2) is 0 Å². The first kappa shape index (κ1) is 8.54. The average molecular weight is 178 g/mol. The van der Waals surface area contributed by atoms with Crippen LogP contribution >= 0.6 is 0 Å². The van der Waals surface area contributed by atoms with E-state index in [4.69, 9.17) is 4.74 Å². The molecule has 0 unspecified atom stereocenters. The van der Waals surface area contributed by atoms with Crippen LogP contribution in [0.2, 0.25) is 0 Å².